The standard InChI is InChI=1S/C15H23NO/c1-12(2)9-16(10-13(3)4)15-7-5-14(11-17)6-8-15/h5-8,11-13H,9-10H2,1-4H3. The average Bonchev–Trinajstić information content (AvgIpc) is 2.27. The van der Waals surface area contributed by atoms with E-state index in [1.807, 2.05) is 24.3 Å². The molecule has 2 nitrogen and oxygen atoms in total. The molecule has 0 aliphatic heterocycles. The summed E-state index contributed by atoms with van der Waals surface area (Å²) >= 11 is 0. The lowest BCUT2D eigenvalue weighted by molar-refractivity contribution is 0.112. The van der Waals surface area contributed by atoms with Gasteiger partial charge in [0.15, 0.2) is 0 Å². The maximum Gasteiger partial charge on any atom is 0.150 e. The highest BCUT2D eigenvalue weighted by Crippen LogP contribution is 2.18. The fourth-order valence-electron chi connectivity index (χ4n) is 1.93. The van der Waals surface area contributed by atoms with Crippen LogP contribution < -0.4 is 4.90 Å². The van der Waals surface area contributed by atoms with Crippen molar-refractivity contribution in [2.45, 2.75) is 27.7 Å². The fourth-order valence-corrected chi connectivity index (χ4v) is 1.93. The SMILES string of the molecule is CC(C)CN(CC(C)C)c1ccc(C=O)cc1. The second-order valence-corrected chi connectivity index (χ2v) is 5.40. The van der Waals surface area contributed by atoms with E-state index >= 15 is 0 Å². The number of aldehydes is 1. The van der Waals surface area contributed by atoms with Gasteiger partial charge in [-0.25, -0.2) is 0 Å². The lowest BCUT2D eigenvalue weighted by Gasteiger charge is -2.28. The Kier molecular flexibility index (Phi) is 5.20. The largest absolute Gasteiger partial charge is 0.371 e. The molecule has 0 N–H and O–H groups in total. The van der Waals surface area contributed by atoms with Gasteiger partial charge < -0.3 is 4.90 Å². The average molecular weight is 233 g/mol. The molecular formula is C15H23NO. The smallest absolute Gasteiger partial charge is 0.150 e. The zero-order valence-corrected chi connectivity index (χ0v) is 11.3. The molecule has 0 aromatic heterocycles. The zero-order chi connectivity index (χ0) is 12.8. The minimum absolute atomic E-state index is 0.638. The molecule has 0 amide bonds. The number of rotatable bonds is 6. The van der Waals surface area contributed by atoms with Gasteiger partial charge >= 0.3 is 0 Å². The number of benzene rings is 1. The summed E-state index contributed by atoms with van der Waals surface area (Å²) in [5.41, 5.74) is 1.95. The highest BCUT2D eigenvalue weighted by atomic mass is 16.1. The molecule has 0 bridgehead atoms. The fraction of sp³-hybridized carbons (Fsp3) is 0.533. The zero-order valence-electron chi connectivity index (χ0n) is 11.3. The Balaban J connectivity index is 2.83. The number of hydrogen-bond donors (Lipinski definition) is 0. The van der Waals surface area contributed by atoms with Crippen LogP contribution in [0.1, 0.15) is 38.1 Å². The van der Waals surface area contributed by atoms with Crippen molar-refractivity contribution in [2.24, 2.45) is 11.8 Å². The van der Waals surface area contributed by atoms with Crippen molar-refractivity contribution in [1.29, 1.82) is 0 Å². The monoisotopic (exact) mass is 233 g/mol. The first-order chi connectivity index (χ1) is 8.02. The normalized spacial score (nSPS) is 10.9. The van der Waals surface area contributed by atoms with Gasteiger partial charge in [-0.3, -0.25) is 4.79 Å². The molecule has 0 unspecified atom stereocenters. The Hall–Kier alpha value is -1.31. The van der Waals surface area contributed by atoms with E-state index in [1.54, 1.807) is 0 Å². The molecular weight excluding hydrogens is 210 g/mol. The lowest BCUT2D eigenvalue weighted by atomic mass is 10.1. The second kappa shape index (κ2) is 6.43. The molecule has 0 aliphatic rings. The van der Waals surface area contributed by atoms with Gasteiger partial charge in [-0.2, -0.15) is 0 Å². The molecule has 1 aromatic rings. The number of hydrogen-bond acceptors (Lipinski definition) is 2. The molecule has 0 saturated carbocycles. The Morgan fingerprint density at radius 2 is 1.47 bits per heavy atom. The van der Waals surface area contributed by atoms with Gasteiger partial charge in [0.25, 0.3) is 0 Å². The van der Waals surface area contributed by atoms with Crippen molar-refractivity contribution in [3.63, 3.8) is 0 Å². The predicted molar refractivity (Wildman–Crippen MR) is 73.7 cm³/mol. The van der Waals surface area contributed by atoms with E-state index in [2.05, 4.69) is 32.6 Å². The lowest BCUT2D eigenvalue weighted by Crippen LogP contribution is -2.31. The number of anilines is 1. The number of carbonyl (C=O) groups is 1. The van der Waals surface area contributed by atoms with Crippen LogP contribution in [0.4, 0.5) is 5.69 Å². The number of nitrogens with zero attached hydrogens (tertiary/aromatic N) is 1. The minimum atomic E-state index is 0.638. The summed E-state index contributed by atoms with van der Waals surface area (Å²) in [6, 6.07) is 7.84. The van der Waals surface area contributed by atoms with Gasteiger partial charge in [0, 0.05) is 24.3 Å². The van der Waals surface area contributed by atoms with Crippen LogP contribution in [0.5, 0.6) is 0 Å². The molecule has 0 spiro atoms. The summed E-state index contributed by atoms with van der Waals surface area (Å²) in [5.74, 6) is 1.28. The molecule has 0 fully saturated rings. The van der Waals surface area contributed by atoms with Gasteiger partial charge in [-0.1, -0.05) is 27.7 Å². The first kappa shape index (κ1) is 13.8. The van der Waals surface area contributed by atoms with E-state index in [1.165, 1.54) is 5.69 Å². The maximum absolute atomic E-state index is 10.6. The Morgan fingerprint density at radius 3 is 1.82 bits per heavy atom. The third-order valence-electron chi connectivity index (χ3n) is 2.57. The third kappa shape index (κ3) is 4.59. The Morgan fingerprint density at radius 1 is 1.00 bits per heavy atom. The minimum Gasteiger partial charge on any atom is -0.371 e. The van der Waals surface area contributed by atoms with Crippen LogP contribution >= 0.6 is 0 Å². The van der Waals surface area contributed by atoms with Crippen LogP contribution in [0.3, 0.4) is 0 Å². The van der Waals surface area contributed by atoms with Crippen molar-refractivity contribution in [3.05, 3.63) is 29.8 Å². The third-order valence-corrected chi connectivity index (χ3v) is 2.57. The maximum atomic E-state index is 10.6. The van der Waals surface area contributed by atoms with Crippen LogP contribution in [-0.4, -0.2) is 19.4 Å². The molecule has 2 heteroatoms. The highest BCUT2D eigenvalue weighted by molar-refractivity contribution is 5.75. The molecule has 0 heterocycles. The summed E-state index contributed by atoms with van der Waals surface area (Å²) in [7, 11) is 0. The van der Waals surface area contributed by atoms with E-state index in [4.69, 9.17) is 0 Å². The van der Waals surface area contributed by atoms with Crippen molar-refractivity contribution >= 4 is 12.0 Å². The van der Waals surface area contributed by atoms with Crippen LogP contribution in [0.25, 0.3) is 0 Å². The van der Waals surface area contributed by atoms with Crippen molar-refractivity contribution < 1.29 is 4.79 Å². The van der Waals surface area contributed by atoms with Crippen molar-refractivity contribution in [2.75, 3.05) is 18.0 Å². The molecule has 17 heavy (non-hydrogen) atoms. The van der Waals surface area contributed by atoms with Crippen LogP contribution in [0, 0.1) is 11.8 Å². The predicted octanol–water partition coefficient (Wildman–Crippen LogP) is 3.62. The molecule has 0 saturated heterocycles. The molecule has 1 rings (SSSR count). The van der Waals surface area contributed by atoms with Gasteiger partial charge in [0.1, 0.15) is 6.29 Å². The van der Waals surface area contributed by atoms with Crippen LogP contribution in [0.2, 0.25) is 0 Å². The van der Waals surface area contributed by atoms with Crippen molar-refractivity contribution in [3.8, 4) is 0 Å². The van der Waals surface area contributed by atoms with E-state index < -0.39 is 0 Å². The summed E-state index contributed by atoms with van der Waals surface area (Å²) in [6.07, 6.45) is 0.888. The molecule has 0 radical (unpaired) electrons. The van der Waals surface area contributed by atoms with E-state index in [0.717, 1.165) is 24.9 Å². The van der Waals surface area contributed by atoms with Gasteiger partial charge in [-0.05, 0) is 36.1 Å². The van der Waals surface area contributed by atoms with Gasteiger partial charge in [-0.15, -0.1) is 0 Å². The Bertz CT molecular complexity index is 330. The summed E-state index contributed by atoms with van der Waals surface area (Å²) < 4.78 is 0. The van der Waals surface area contributed by atoms with Gasteiger partial charge in [0.05, 0.1) is 0 Å². The first-order valence-electron chi connectivity index (χ1n) is 6.33. The number of carbonyl (C=O) groups excluding carboxylic acids is 1. The van der Waals surface area contributed by atoms with E-state index in [0.29, 0.717) is 11.8 Å². The summed E-state index contributed by atoms with van der Waals surface area (Å²) in [4.78, 5) is 13.0. The summed E-state index contributed by atoms with van der Waals surface area (Å²) in [5, 5.41) is 0. The van der Waals surface area contributed by atoms with E-state index in [-0.39, 0.29) is 0 Å². The van der Waals surface area contributed by atoms with E-state index in [9.17, 15) is 4.79 Å². The quantitative estimate of drug-likeness (QED) is 0.699. The Labute approximate surface area is 105 Å². The van der Waals surface area contributed by atoms with Gasteiger partial charge in [0.2, 0.25) is 0 Å². The second-order valence-electron chi connectivity index (χ2n) is 5.40. The topological polar surface area (TPSA) is 20.3 Å². The van der Waals surface area contributed by atoms with Crippen molar-refractivity contribution in [1.82, 2.24) is 0 Å². The molecule has 0 aliphatic carbocycles. The molecule has 94 valence electrons. The van der Waals surface area contributed by atoms with Crippen LogP contribution in [-0.2, 0) is 0 Å². The highest BCUT2D eigenvalue weighted by Gasteiger charge is 2.10. The first-order valence-corrected chi connectivity index (χ1v) is 6.33. The summed E-state index contributed by atoms with van der Waals surface area (Å²) in [6.45, 7) is 11.0. The van der Waals surface area contributed by atoms with Crippen LogP contribution in [0.15, 0.2) is 24.3 Å². The molecule has 1 aromatic carbocycles. The molecule has 0 atom stereocenters.